The summed E-state index contributed by atoms with van der Waals surface area (Å²) in [5.41, 5.74) is 8.37. The van der Waals surface area contributed by atoms with E-state index in [1.807, 2.05) is 6.92 Å². The van der Waals surface area contributed by atoms with Crippen LogP contribution in [0.15, 0.2) is 22.7 Å². The Balaban J connectivity index is 2.21. The highest BCUT2D eigenvalue weighted by Crippen LogP contribution is 2.30. The van der Waals surface area contributed by atoms with E-state index >= 15 is 0 Å². The topological polar surface area (TPSA) is 29.3 Å². The molecule has 1 heterocycles. The van der Waals surface area contributed by atoms with Crippen LogP contribution in [-0.2, 0) is 0 Å². The Hall–Kier alpha value is -0.540. The summed E-state index contributed by atoms with van der Waals surface area (Å²) in [5.74, 6) is 0. The molecular weight excluding hydrogens is 264 g/mol. The van der Waals surface area contributed by atoms with Gasteiger partial charge in [0.15, 0.2) is 0 Å². The third kappa shape index (κ3) is 2.58. The zero-order chi connectivity index (χ0) is 11.5. The molecule has 2 nitrogen and oxygen atoms in total. The van der Waals surface area contributed by atoms with Gasteiger partial charge in [0.1, 0.15) is 0 Å². The Morgan fingerprint density at radius 3 is 2.50 bits per heavy atom. The first-order chi connectivity index (χ1) is 7.68. The Morgan fingerprint density at radius 2 is 1.94 bits per heavy atom. The zero-order valence-corrected chi connectivity index (χ0v) is 11.3. The fourth-order valence-electron chi connectivity index (χ4n) is 2.20. The van der Waals surface area contributed by atoms with Crippen molar-refractivity contribution in [1.82, 2.24) is 0 Å². The molecule has 16 heavy (non-hydrogen) atoms. The minimum atomic E-state index is 0.103. The van der Waals surface area contributed by atoms with Crippen molar-refractivity contribution in [3.63, 3.8) is 0 Å². The van der Waals surface area contributed by atoms with Gasteiger partial charge in [-0.3, -0.25) is 0 Å². The lowest BCUT2D eigenvalue weighted by Gasteiger charge is -2.30. The number of rotatable bonds is 2. The monoisotopic (exact) mass is 282 g/mol. The molecule has 0 bridgehead atoms. The molecule has 1 unspecified atom stereocenters. The molecule has 88 valence electrons. The van der Waals surface area contributed by atoms with Crippen molar-refractivity contribution in [2.45, 2.75) is 32.2 Å². The van der Waals surface area contributed by atoms with Crippen molar-refractivity contribution in [2.75, 3.05) is 18.0 Å². The van der Waals surface area contributed by atoms with Gasteiger partial charge in [-0.1, -0.05) is 6.07 Å². The maximum atomic E-state index is 5.88. The maximum absolute atomic E-state index is 5.88. The van der Waals surface area contributed by atoms with E-state index in [0.717, 1.165) is 0 Å². The van der Waals surface area contributed by atoms with Crippen LogP contribution >= 0.6 is 15.9 Å². The zero-order valence-electron chi connectivity index (χ0n) is 9.75. The largest absolute Gasteiger partial charge is 0.371 e. The molecule has 2 N–H and O–H groups in total. The molecule has 1 aromatic rings. The van der Waals surface area contributed by atoms with Gasteiger partial charge >= 0.3 is 0 Å². The number of nitrogens with zero attached hydrogens (tertiary/aromatic N) is 1. The van der Waals surface area contributed by atoms with Crippen molar-refractivity contribution in [2.24, 2.45) is 5.73 Å². The van der Waals surface area contributed by atoms with E-state index in [1.54, 1.807) is 0 Å². The van der Waals surface area contributed by atoms with Crippen LogP contribution in [0.4, 0.5) is 5.69 Å². The third-order valence-electron chi connectivity index (χ3n) is 3.19. The number of hydrogen-bond donors (Lipinski definition) is 1. The summed E-state index contributed by atoms with van der Waals surface area (Å²) in [4.78, 5) is 2.46. The highest BCUT2D eigenvalue weighted by atomic mass is 79.9. The first-order valence-electron chi connectivity index (χ1n) is 5.98. The van der Waals surface area contributed by atoms with Crippen LogP contribution in [0.1, 0.15) is 37.8 Å². The Bertz CT molecular complexity index is 357. The van der Waals surface area contributed by atoms with Gasteiger partial charge in [-0.05, 0) is 59.8 Å². The van der Waals surface area contributed by atoms with Crippen LogP contribution in [0.3, 0.4) is 0 Å². The van der Waals surface area contributed by atoms with Gasteiger partial charge in [0.05, 0.1) is 5.69 Å². The number of benzene rings is 1. The molecule has 1 atom stereocenters. The molecule has 0 radical (unpaired) electrons. The molecule has 1 aliphatic rings. The average Bonchev–Trinajstić information content (AvgIpc) is 2.30. The smallest absolute Gasteiger partial charge is 0.0510 e. The SMILES string of the molecule is CC(N)c1ccc(N2CCCCC2)c(Br)c1. The lowest BCUT2D eigenvalue weighted by molar-refractivity contribution is 0.577. The van der Waals surface area contributed by atoms with Gasteiger partial charge in [0.2, 0.25) is 0 Å². The summed E-state index contributed by atoms with van der Waals surface area (Å²) in [5, 5.41) is 0. The minimum Gasteiger partial charge on any atom is -0.371 e. The van der Waals surface area contributed by atoms with Gasteiger partial charge < -0.3 is 10.6 Å². The van der Waals surface area contributed by atoms with E-state index in [4.69, 9.17) is 5.73 Å². The summed E-state index contributed by atoms with van der Waals surface area (Å²) < 4.78 is 1.17. The quantitative estimate of drug-likeness (QED) is 0.900. The van der Waals surface area contributed by atoms with Crippen LogP contribution < -0.4 is 10.6 Å². The Kier molecular flexibility index (Phi) is 3.87. The molecule has 0 aromatic heterocycles. The predicted octanol–water partition coefficient (Wildman–Crippen LogP) is 3.46. The van der Waals surface area contributed by atoms with Gasteiger partial charge in [0.25, 0.3) is 0 Å². The Morgan fingerprint density at radius 1 is 1.25 bits per heavy atom. The molecule has 0 spiro atoms. The van der Waals surface area contributed by atoms with E-state index in [-0.39, 0.29) is 6.04 Å². The van der Waals surface area contributed by atoms with Crippen LogP contribution in [0.5, 0.6) is 0 Å². The summed E-state index contributed by atoms with van der Waals surface area (Å²) >= 11 is 3.65. The number of hydrogen-bond acceptors (Lipinski definition) is 2. The average molecular weight is 283 g/mol. The number of nitrogens with two attached hydrogens (primary N) is 1. The molecule has 0 aliphatic carbocycles. The molecule has 2 rings (SSSR count). The van der Waals surface area contributed by atoms with E-state index in [9.17, 15) is 0 Å². The standard InChI is InChI=1S/C13H19BrN2/c1-10(15)11-5-6-13(12(14)9-11)16-7-3-2-4-8-16/h5-6,9-10H,2-4,7-8,15H2,1H3. The van der Waals surface area contributed by atoms with Crippen LogP contribution in [-0.4, -0.2) is 13.1 Å². The molecule has 1 aliphatic heterocycles. The van der Waals surface area contributed by atoms with Crippen molar-refractivity contribution < 1.29 is 0 Å². The second kappa shape index (κ2) is 5.19. The lowest BCUT2D eigenvalue weighted by atomic mass is 10.1. The predicted molar refractivity (Wildman–Crippen MR) is 72.8 cm³/mol. The highest BCUT2D eigenvalue weighted by Gasteiger charge is 2.14. The highest BCUT2D eigenvalue weighted by molar-refractivity contribution is 9.10. The van der Waals surface area contributed by atoms with Crippen molar-refractivity contribution >= 4 is 21.6 Å². The van der Waals surface area contributed by atoms with E-state index in [2.05, 4.69) is 39.0 Å². The number of anilines is 1. The molecule has 3 heteroatoms. The van der Waals surface area contributed by atoms with Crippen LogP contribution in [0.25, 0.3) is 0 Å². The molecule has 0 saturated carbocycles. The fraction of sp³-hybridized carbons (Fsp3) is 0.538. The number of piperidine rings is 1. The molecule has 1 fully saturated rings. The molecule has 0 amide bonds. The van der Waals surface area contributed by atoms with Gasteiger partial charge in [-0.2, -0.15) is 0 Å². The maximum Gasteiger partial charge on any atom is 0.0510 e. The van der Waals surface area contributed by atoms with E-state index in [1.165, 1.54) is 48.1 Å². The second-order valence-electron chi connectivity index (χ2n) is 4.55. The third-order valence-corrected chi connectivity index (χ3v) is 3.83. The molecular formula is C13H19BrN2. The first-order valence-corrected chi connectivity index (χ1v) is 6.78. The summed E-state index contributed by atoms with van der Waals surface area (Å²) in [7, 11) is 0. The first kappa shape index (κ1) is 11.9. The van der Waals surface area contributed by atoms with Gasteiger partial charge in [-0.15, -0.1) is 0 Å². The van der Waals surface area contributed by atoms with Crippen molar-refractivity contribution in [1.29, 1.82) is 0 Å². The van der Waals surface area contributed by atoms with Crippen molar-refractivity contribution in [3.8, 4) is 0 Å². The Labute approximate surface area is 106 Å². The van der Waals surface area contributed by atoms with Crippen LogP contribution in [0, 0.1) is 0 Å². The molecule has 1 aromatic carbocycles. The minimum absolute atomic E-state index is 0.103. The van der Waals surface area contributed by atoms with E-state index in [0.29, 0.717) is 0 Å². The van der Waals surface area contributed by atoms with Crippen LogP contribution in [0.2, 0.25) is 0 Å². The van der Waals surface area contributed by atoms with Gasteiger partial charge in [-0.25, -0.2) is 0 Å². The van der Waals surface area contributed by atoms with E-state index < -0.39 is 0 Å². The van der Waals surface area contributed by atoms with Gasteiger partial charge in [0, 0.05) is 23.6 Å². The summed E-state index contributed by atoms with van der Waals surface area (Å²) in [6.07, 6.45) is 3.98. The second-order valence-corrected chi connectivity index (χ2v) is 5.40. The number of halogens is 1. The molecule has 1 saturated heterocycles. The lowest BCUT2D eigenvalue weighted by Crippen LogP contribution is -2.29. The summed E-state index contributed by atoms with van der Waals surface area (Å²) in [6, 6.07) is 6.58. The normalized spacial score (nSPS) is 18.6. The van der Waals surface area contributed by atoms with Crippen molar-refractivity contribution in [3.05, 3.63) is 28.2 Å². The fourth-order valence-corrected chi connectivity index (χ4v) is 2.84. The summed E-state index contributed by atoms with van der Waals surface area (Å²) in [6.45, 7) is 4.37.